The van der Waals surface area contributed by atoms with Gasteiger partial charge in [0.05, 0.1) is 33.3 Å². The Labute approximate surface area is 192 Å². The number of hydrogen-bond donors (Lipinski definition) is 0. The van der Waals surface area contributed by atoms with Crippen LogP contribution in [0.5, 0.6) is 23.0 Å². The summed E-state index contributed by atoms with van der Waals surface area (Å²) in [6.45, 7) is 1.66. The molecule has 0 amide bonds. The summed E-state index contributed by atoms with van der Waals surface area (Å²) in [5.74, 6) is 2.72. The zero-order valence-corrected chi connectivity index (χ0v) is 20.2. The molecule has 170 valence electrons. The molecule has 0 unspecified atom stereocenters. The van der Waals surface area contributed by atoms with Crippen LogP contribution in [0.15, 0.2) is 6.07 Å². The lowest BCUT2D eigenvalue weighted by molar-refractivity contribution is 0.281. The minimum absolute atomic E-state index is 0. The van der Waals surface area contributed by atoms with Crippen molar-refractivity contribution in [3.05, 3.63) is 17.3 Å². The number of nitrogens with zero attached hydrogens (tertiary/aromatic N) is 2. The van der Waals surface area contributed by atoms with Crippen LogP contribution in [0.4, 0.5) is 0 Å². The smallest absolute Gasteiger partial charge is 0.205 e. The maximum absolute atomic E-state index is 6.38. The lowest BCUT2D eigenvalue weighted by Crippen LogP contribution is -2.16. The molecule has 0 saturated carbocycles. The third kappa shape index (κ3) is 5.54. The van der Waals surface area contributed by atoms with Gasteiger partial charge in [0.2, 0.25) is 5.75 Å². The van der Waals surface area contributed by atoms with E-state index in [9.17, 15) is 0 Å². The molecule has 6 nitrogen and oxygen atoms in total. The number of rotatable bonds is 8. The highest BCUT2D eigenvalue weighted by molar-refractivity contribution is 5.95. The lowest BCUT2D eigenvalue weighted by atomic mass is 10.0. The van der Waals surface area contributed by atoms with E-state index in [-0.39, 0.29) is 24.8 Å². The highest BCUT2D eigenvalue weighted by Crippen LogP contribution is 2.47. The Kier molecular flexibility index (Phi) is 10.8. The fourth-order valence-corrected chi connectivity index (χ4v) is 3.88. The summed E-state index contributed by atoms with van der Waals surface area (Å²) >= 11 is 0. The fourth-order valence-electron chi connectivity index (χ4n) is 3.88. The van der Waals surface area contributed by atoms with Crippen molar-refractivity contribution >= 4 is 35.7 Å². The lowest BCUT2D eigenvalue weighted by Gasteiger charge is -2.20. The predicted molar refractivity (Wildman–Crippen MR) is 126 cm³/mol. The minimum Gasteiger partial charge on any atom is -0.493 e. The number of methoxy groups -OCH3 is 3. The summed E-state index contributed by atoms with van der Waals surface area (Å²) in [4.78, 5) is 7.17. The molecule has 8 heteroatoms. The second-order valence-electron chi connectivity index (χ2n) is 7.47. The number of ether oxygens (including phenoxy) is 4. The van der Waals surface area contributed by atoms with Gasteiger partial charge in [-0.3, -0.25) is 0 Å². The Balaban J connectivity index is 0.00000225. The molecule has 3 rings (SSSR count). The van der Waals surface area contributed by atoms with Crippen LogP contribution in [-0.4, -0.2) is 58.5 Å². The highest BCUT2D eigenvalue weighted by atomic mass is 35.5. The van der Waals surface area contributed by atoms with Gasteiger partial charge in [-0.15, -0.1) is 24.8 Å². The monoisotopic (exact) mass is 460 g/mol. The molecule has 30 heavy (non-hydrogen) atoms. The van der Waals surface area contributed by atoms with Gasteiger partial charge < -0.3 is 23.8 Å². The highest BCUT2D eigenvalue weighted by Gasteiger charge is 2.24. The van der Waals surface area contributed by atoms with Crippen molar-refractivity contribution in [1.82, 2.24) is 9.88 Å². The molecule has 1 aromatic heterocycles. The molecule has 0 aliphatic heterocycles. The van der Waals surface area contributed by atoms with Crippen molar-refractivity contribution in [2.75, 3.05) is 48.6 Å². The molecule has 1 aliphatic rings. The van der Waals surface area contributed by atoms with E-state index in [1.54, 1.807) is 21.3 Å². The van der Waals surface area contributed by atoms with E-state index in [0.717, 1.165) is 54.6 Å². The molecule has 2 aromatic rings. The molecular weight excluding hydrogens is 427 g/mol. The first kappa shape index (κ1) is 26.4. The molecule has 0 N–H and O–H groups in total. The number of fused-ring (bicyclic) bond motifs is 2. The van der Waals surface area contributed by atoms with Crippen molar-refractivity contribution in [2.24, 2.45) is 0 Å². The molecule has 1 aromatic carbocycles. The SMILES string of the molecule is COc1cc2c(OCCCN(C)C)c3c(nc2c(OC)c1OC)CCCCC3.Cl.Cl. The van der Waals surface area contributed by atoms with Gasteiger partial charge in [-0.25, -0.2) is 4.98 Å². The Hall–Kier alpha value is -1.63. The molecule has 0 spiro atoms. The van der Waals surface area contributed by atoms with Gasteiger partial charge in [-0.05, 0) is 52.3 Å². The Morgan fingerprint density at radius 3 is 2.23 bits per heavy atom. The average Bonchev–Trinajstić information content (AvgIpc) is 2.94. The Morgan fingerprint density at radius 2 is 1.60 bits per heavy atom. The first-order valence-electron chi connectivity index (χ1n) is 10.0. The quantitative estimate of drug-likeness (QED) is 0.420. The minimum atomic E-state index is 0. The number of aromatic nitrogens is 1. The molecule has 0 saturated heterocycles. The normalized spacial score (nSPS) is 13.0. The van der Waals surface area contributed by atoms with Crippen molar-refractivity contribution in [1.29, 1.82) is 0 Å². The molecule has 0 bridgehead atoms. The van der Waals surface area contributed by atoms with E-state index in [1.165, 1.54) is 18.4 Å². The van der Waals surface area contributed by atoms with Crippen LogP contribution in [0, 0.1) is 0 Å². The summed E-state index contributed by atoms with van der Waals surface area (Å²) in [6.07, 6.45) is 6.47. The van der Waals surface area contributed by atoms with Gasteiger partial charge in [0.15, 0.2) is 11.5 Å². The van der Waals surface area contributed by atoms with Crippen LogP contribution in [0.3, 0.4) is 0 Å². The second kappa shape index (κ2) is 12.3. The van der Waals surface area contributed by atoms with Crippen LogP contribution in [-0.2, 0) is 12.8 Å². The Bertz CT molecular complexity index is 831. The summed E-state index contributed by atoms with van der Waals surface area (Å²) < 4.78 is 23.2. The van der Waals surface area contributed by atoms with E-state index >= 15 is 0 Å². The third-order valence-electron chi connectivity index (χ3n) is 5.25. The number of benzene rings is 1. The molecule has 0 fully saturated rings. The molecule has 0 radical (unpaired) electrons. The summed E-state index contributed by atoms with van der Waals surface area (Å²) in [5, 5.41) is 0.931. The zero-order chi connectivity index (χ0) is 20.1. The molecule has 1 heterocycles. The van der Waals surface area contributed by atoms with Crippen molar-refractivity contribution < 1.29 is 18.9 Å². The fraction of sp³-hybridized carbons (Fsp3) is 0.591. The van der Waals surface area contributed by atoms with Gasteiger partial charge in [-0.2, -0.15) is 0 Å². The first-order valence-corrected chi connectivity index (χ1v) is 10.0. The number of pyridine rings is 1. The summed E-state index contributed by atoms with van der Waals surface area (Å²) in [5.41, 5.74) is 3.14. The van der Waals surface area contributed by atoms with E-state index < -0.39 is 0 Å². The predicted octanol–water partition coefficient (Wildman–Crippen LogP) is 4.70. The first-order chi connectivity index (χ1) is 13.6. The topological polar surface area (TPSA) is 53.1 Å². The maximum Gasteiger partial charge on any atom is 0.205 e. The molecule has 1 aliphatic carbocycles. The number of aryl methyl sites for hydroxylation is 1. The van der Waals surface area contributed by atoms with Gasteiger partial charge in [0.1, 0.15) is 11.3 Å². The van der Waals surface area contributed by atoms with Gasteiger partial charge >= 0.3 is 0 Å². The van der Waals surface area contributed by atoms with E-state index in [2.05, 4.69) is 19.0 Å². The Morgan fingerprint density at radius 1 is 0.900 bits per heavy atom. The second-order valence-corrected chi connectivity index (χ2v) is 7.47. The summed E-state index contributed by atoms with van der Waals surface area (Å²) in [6, 6.07) is 1.97. The van der Waals surface area contributed by atoms with E-state index in [4.69, 9.17) is 23.9 Å². The van der Waals surface area contributed by atoms with Crippen molar-refractivity contribution in [3.8, 4) is 23.0 Å². The van der Waals surface area contributed by atoms with Gasteiger partial charge in [0.25, 0.3) is 0 Å². The van der Waals surface area contributed by atoms with Crippen LogP contribution in [0.1, 0.15) is 36.9 Å². The number of halogens is 2. The summed E-state index contributed by atoms with van der Waals surface area (Å²) in [7, 11) is 9.05. The van der Waals surface area contributed by atoms with Crippen LogP contribution in [0.25, 0.3) is 10.9 Å². The largest absolute Gasteiger partial charge is 0.493 e. The van der Waals surface area contributed by atoms with Gasteiger partial charge in [0, 0.05) is 17.8 Å². The maximum atomic E-state index is 6.38. The van der Waals surface area contributed by atoms with Crippen LogP contribution < -0.4 is 18.9 Å². The molecular formula is C22H34Cl2N2O4. The van der Waals surface area contributed by atoms with Gasteiger partial charge in [-0.1, -0.05) is 6.42 Å². The zero-order valence-electron chi connectivity index (χ0n) is 18.6. The average molecular weight is 461 g/mol. The molecule has 0 atom stereocenters. The third-order valence-corrected chi connectivity index (χ3v) is 5.25. The van der Waals surface area contributed by atoms with Crippen LogP contribution >= 0.6 is 24.8 Å². The van der Waals surface area contributed by atoms with Crippen LogP contribution in [0.2, 0.25) is 0 Å². The van der Waals surface area contributed by atoms with Crippen molar-refractivity contribution in [3.63, 3.8) is 0 Å². The van der Waals surface area contributed by atoms with Crippen molar-refractivity contribution in [2.45, 2.75) is 38.5 Å². The van der Waals surface area contributed by atoms with E-state index in [1.807, 2.05) is 6.07 Å². The standard InChI is InChI=1S/C22H32N2O4.2ClH/c1-24(2)12-9-13-28-20-15-10-7-6-8-11-17(15)23-19-16(20)14-18(25-3)21(26-4)22(19)27-5;;/h14H,6-13H2,1-5H3;2*1H. The van der Waals surface area contributed by atoms with E-state index in [0.29, 0.717) is 23.9 Å². The number of hydrogen-bond acceptors (Lipinski definition) is 6.